The predicted octanol–water partition coefficient (Wildman–Crippen LogP) is 2.46. The number of carbonyl (C=O) groups is 1. The summed E-state index contributed by atoms with van der Waals surface area (Å²) in [6.07, 6.45) is 2.15. The molecular weight excluding hydrogens is 318 g/mol. The molecule has 0 aromatic heterocycles. The molecule has 5 heteroatoms. The quantitative estimate of drug-likeness (QED) is 0.885. The summed E-state index contributed by atoms with van der Waals surface area (Å²) in [7, 11) is 2.01. The fraction of sp³-hybridized carbons (Fsp3) is 0.533. The lowest BCUT2D eigenvalue weighted by atomic mass is 9.90. The maximum Gasteiger partial charge on any atom is 0.238 e. The van der Waals surface area contributed by atoms with Gasteiger partial charge in [-0.1, -0.05) is 12.1 Å². The first-order valence-electron chi connectivity index (χ1n) is 6.98. The van der Waals surface area contributed by atoms with Crippen molar-refractivity contribution in [2.24, 2.45) is 0 Å². The molecular formula is C15H22BrN3O. The number of carbonyl (C=O) groups excluding carboxylic acids is 1. The second-order valence-corrected chi connectivity index (χ2v) is 6.47. The Balaban J connectivity index is 1.83. The van der Waals surface area contributed by atoms with Crippen molar-refractivity contribution in [3.05, 3.63) is 28.7 Å². The lowest BCUT2D eigenvalue weighted by molar-refractivity contribution is -0.117. The monoisotopic (exact) mass is 339 g/mol. The van der Waals surface area contributed by atoms with E-state index in [9.17, 15) is 4.79 Å². The molecule has 0 radical (unpaired) electrons. The summed E-state index contributed by atoms with van der Waals surface area (Å²) in [6, 6.07) is 7.67. The van der Waals surface area contributed by atoms with Gasteiger partial charge in [-0.05, 0) is 54.9 Å². The highest BCUT2D eigenvalue weighted by Crippen LogP contribution is 2.22. The van der Waals surface area contributed by atoms with Gasteiger partial charge in [0, 0.05) is 23.1 Å². The number of rotatable bonds is 4. The maximum absolute atomic E-state index is 12.1. The summed E-state index contributed by atoms with van der Waals surface area (Å²) in [5.41, 5.74) is 1.05. The Bertz CT molecular complexity index is 470. The Morgan fingerprint density at radius 2 is 2.00 bits per heavy atom. The number of hydrogen-bond acceptors (Lipinski definition) is 3. The van der Waals surface area contributed by atoms with E-state index < -0.39 is 0 Å². The standard InChI is InChI=1S/C15H22BrN3O/c1-15(17-2)7-9-19(10-8-15)11-14(20)18-13-6-4-3-5-12(13)16/h3-6,17H,7-11H2,1-2H3,(H,18,20). The summed E-state index contributed by atoms with van der Waals surface area (Å²) in [5.74, 6) is 0.0463. The smallest absolute Gasteiger partial charge is 0.238 e. The van der Waals surface area contributed by atoms with Gasteiger partial charge in [0.2, 0.25) is 5.91 Å². The largest absolute Gasteiger partial charge is 0.324 e. The number of piperidine rings is 1. The van der Waals surface area contributed by atoms with Crippen LogP contribution in [-0.2, 0) is 4.79 Å². The number of halogens is 1. The van der Waals surface area contributed by atoms with Crippen LogP contribution in [0, 0.1) is 0 Å². The minimum atomic E-state index is 0.0463. The van der Waals surface area contributed by atoms with Crippen molar-refractivity contribution in [2.45, 2.75) is 25.3 Å². The van der Waals surface area contributed by atoms with E-state index in [4.69, 9.17) is 0 Å². The van der Waals surface area contributed by atoms with Crippen molar-refractivity contribution in [3.63, 3.8) is 0 Å². The SMILES string of the molecule is CNC1(C)CCN(CC(=O)Nc2ccccc2Br)CC1. The zero-order valence-electron chi connectivity index (χ0n) is 12.1. The van der Waals surface area contributed by atoms with Crippen LogP contribution in [0.25, 0.3) is 0 Å². The van der Waals surface area contributed by atoms with Crippen LogP contribution in [0.5, 0.6) is 0 Å². The van der Waals surface area contributed by atoms with Crippen LogP contribution in [0.15, 0.2) is 28.7 Å². The van der Waals surface area contributed by atoms with E-state index in [2.05, 4.69) is 38.4 Å². The van der Waals surface area contributed by atoms with E-state index >= 15 is 0 Å². The number of nitrogens with zero attached hydrogens (tertiary/aromatic N) is 1. The molecule has 0 bridgehead atoms. The van der Waals surface area contributed by atoms with Crippen LogP contribution in [-0.4, -0.2) is 43.0 Å². The molecule has 1 saturated heterocycles. The van der Waals surface area contributed by atoms with E-state index in [-0.39, 0.29) is 11.4 Å². The van der Waals surface area contributed by atoms with Crippen LogP contribution < -0.4 is 10.6 Å². The number of amides is 1. The number of nitrogens with one attached hydrogen (secondary N) is 2. The van der Waals surface area contributed by atoms with Crippen LogP contribution in [0.3, 0.4) is 0 Å². The Morgan fingerprint density at radius 3 is 2.60 bits per heavy atom. The van der Waals surface area contributed by atoms with E-state index in [1.165, 1.54) is 0 Å². The first-order chi connectivity index (χ1) is 9.52. The van der Waals surface area contributed by atoms with Gasteiger partial charge in [-0.25, -0.2) is 0 Å². The molecule has 110 valence electrons. The Labute approximate surface area is 129 Å². The number of likely N-dealkylation sites (tertiary alicyclic amines) is 1. The van der Waals surface area contributed by atoms with Crippen molar-refractivity contribution in [3.8, 4) is 0 Å². The van der Waals surface area contributed by atoms with Crippen molar-refractivity contribution in [2.75, 3.05) is 32.0 Å². The minimum Gasteiger partial charge on any atom is -0.324 e. The van der Waals surface area contributed by atoms with Gasteiger partial charge in [0.25, 0.3) is 0 Å². The second kappa shape index (κ2) is 6.70. The third kappa shape index (κ3) is 4.04. The summed E-state index contributed by atoms with van der Waals surface area (Å²) in [6.45, 7) is 4.62. The number of anilines is 1. The topological polar surface area (TPSA) is 44.4 Å². The highest BCUT2D eigenvalue weighted by Gasteiger charge is 2.28. The second-order valence-electron chi connectivity index (χ2n) is 5.61. The summed E-state index contributed by atoms with van der Waals surface area (Å²) in [5, 5.41) is 6.32. The Morgan fingerprint density at radius 1 is 1.35 bits per heavy atom. The van der Waals surface area contributed by atoms with E-state index in [0.29, 0.717) is 6.54 Å². The van der Waals surface area contributed by atoms with Gasteiger partial charge in [-0.15, -0.1) is 0 Å². The minimum absolute atomic E-state index is 0.0463. The third-order valence-electron chi connectivity index (χ3n) is 4.08. The fourth-order valence-corrected chi connectivity index (χ4v) is 2.79. The lowest BCUT2D eigenvalue weighted by Crippen LogP contribution is -2.51. The zero-order valence-corrected chi connectivity index (χ0v) is 13.7. The molecule has 4 nitrogen and oxygen atoms in total. The van der Waals surface area contributed by atoms with Crippen molar-refractivity contribution in [1.29, 1.82) is 0 Å². The van der Waals surface area contributed by atoms with Crippen LogP contribution in [0.1, 0.15) is 19.8 Å². The van der Waals surface area contributed by atoms with Gasteiger partial charge in [0.15, 0.2) is 0 Å². The highest BCUT2D eigenvalue weighted by molar-refractivity contribution is 9.10. The van der Waals surface area contributed by atoms with Gasteiger partial charge in [0.05, 0.1) is 12.2 Å². The normalized spacial score (nSPS) is 18.8. The molecule has 1 aliphatic heterocycles. The molecule has 2 rings (SSSR count). The fourth-order valence-electron chi connectivity index (χ4n) is 2.41. The molecule has 1 fully saturated rings. The van der Waals surface area contributed by atoms with E-state index in [1.54, 1.807) is 0 Å². The molecule has 2 N–H and O–H groups in total. The summed E-state index contributed by atoms with van der Waals surface area (Å²) >= 11 is 3.44. The molecule has 1 heterocycles. The lowest BCUT2D eigenvalue weighted by Gasteiger charge is -2.39. The number of hydrogen-bond donors (Lipinski definition) is 2. The van der Waals surface area contributed by atoms with Gasteiger partial charge >= 0.3 is 0 Å². The molecule has 0 aliphatic carbocycles. The van der Waals surface area contributed by atoms with Gasteiger partial charge in [-0.3, -0.25) is 9.69 Å². The van der Waals surface area contributed by atoms with Gasteiger partial charge < -0.3 is 10.6 Å². The highest BCUT2D eigenvalue weighted by atomic mass is 79.9. The zero-order chi connectivity index (χ0) is 14.6. The molecule has 1 amide bonds. The Hall–Kier alpha value is -0.910. The molecule has 0 saturated carbocycles. The first-order valence-corrected chi connectivity index (χ1v) is 7.77. The molecule has 1 aliphatic rings. The number of para-hydroxylation sites is 1. The summed E-state index contributed by atoms with van der Waals surface area (Å²) in [4.78, 5) is 14.3. The number of benzene rings is 1. The maximum atomic E-state index is 12.1. The third-order valence-corrected chi connectivity index (χ3v) is 4.77. The molecule has 1 aromatic rings. The van der Waals surface area contributed by atoms with Gasteiger partial charge in [0.1, 0.15) is 0 Å². The molecule has 1 aromatic carbocycles. The van der Waals surface area contributed by atoms with Crippen molar-refractivity contribution < 1.29 is 4.79 Å². The van der Waals surface area contributed by atoms with Crippen molar-refractivity contribution >= 4 is 27.5 Å². The average Bonchev–Trinajstić information content (AvgIpc) is 2.44. The van der Waals surface area contributed by atoms with Crippen molar-refractivity contribution in [1.82, 2.24) is 10.2 Å². The first kappa shape index (κ1) is 15.5. The molecule has 20 heavy (non-hydrogen) atoms. The van der Waals surface area contributed by atoms with Crippen LogP contribution in [0.2, 0.25) is 0 Å². The molecule has 0 spiro atoms. The molecule has 0 atom stereocenters. The van der Waals surface area contributed by atoms with Crippen LogP contribution in [0.4, 0.5) is 5.69 Å². The Kier molecular flexibility index (Phi) is 5.18. The molecule has 0 unspecified atom stereocenters. The van der Waals surface area contributed by atoms with Crippen LogP contribution >= 0.6 is 15.9 Å². The van der Waals surface area contributed by atoms with Gasteiger partial charge in [-0.2, -0.15) is 0 Å². The summed E-state index contributed by atoms with van der Waals surface area (Å²) < 4.78 is 0.912. The van der Waals surface area contributed by atoms with E-state index in [1.807, 2.05) is 31.3 Å². The predicted molar refractivity (Wildman–Crippen MR) is 85.9 cm³/mol. The average molecular weight is 340 g/mol. The van der Waals surface area contributed by atoms with E-state index in [0.717, 1.165) is 36.1 Å².